The Bertz CT molecular complexity index is 1010. The average Bonchev–Trinajstić information content (AvgIpc) is 3.41. The van der Waals surface area contributed by atoms with Crippen molar-refractivity contribution in [1.29, 1.82) is 0 Å². The molecule has 2 saturated heterocycles. The standard InChI is InChI=1S/C20H18ClFN4OS/c21-16-2-1-5-23-18(16)20(22)7-14-3-4-15(8-20)26(14)19(27)12-6-17(28-11-12)13-9-24-25-10-13/h1-2,5-6,9-11,14-15H,3-4,7-8H2,(H,24,25). The molecule has 2 aliphatic rings. The summed E-state index contributed by atoms with van der Waals surface area (Å²) in [5.41, 5.74) is 0.328. The van der Waals surface area contributed by atoms with Crippen molar-refractivity contribution in [2.24, 2.45) is 0 Å². The minimum atomic E-state index is -1.59. The van der Waals surface area contributed by atoms with Crippen molar-refractivity contribution < 1.29 is 9.18 Å². The van der Waals surface area contributed by atoms with Crippen molar-refractivity contribution in [3.05, 3.63) is 58.4 Å². The molecule has 3 aromatic rings. The van der Waals surface area contributed by atoms with E-state index in [0.29, 0.717) is 16.3 Å². The number of piperidine rings is 1. The Labute approximate surface area is 170 Å². The summed E-state index contributed by atoms with van der Waals surface area (Å²) in [6, 6.07) is 5.01. The Hall–Kier alpha value is -2.25. The van der Waals surface area contributed by atoms with Gasteiger partial charge < -0.3 is 4.90 Å². The van der Waals surface area contributed by atoms with Crippen LogP contribution in [0.25, 0.3) is 10.4 Å². The lowest BCUT2D eigenvalue weighted by Gasteiger charge is -2.42. The highest BCUT2D eigenvalue weighted by Gasteiger charge is 2.52. The molecule has 2 aliphatic heterocycles. The van der Waals surface area contributed by atoms with E-state index < -0.39 is 5.67 Å². The number of alkyl halides is 1. The molecular formula is C20H18ClFN4OS. The van der Waals surface area contributed by atoms with Gasteiger partial charge in [-0.1, -0.05) is 11.6 Å². The minimum Gasteiger partial charge on any atom is -0.332 e. The van der Waals surface area contributed by atoms with Crippen molar-refractivity contribution in [1.82, 2.24) is 20.1 Å². The Balaban J connectivity index is 1.40. The summed E-state index contributed by atoms with van der Waals surface area (Å²) in [5, 5.41) is 8.97. The molecule has 28 heavy (non-hydrogen) atoms. The van der Waals surface area contributed by atoms with E-state index in [-0.39, 0.29) is 30.8 Å². The SMILES string of the molecule is O=C(c1csc(-c2cn[nH]c2)c1)N1C2CCC1CC(F)(c1ncccc1Cl)C2. The average molecular weight is 417 g/mol. The molecule has 0 spiro atoms. The number of H-pyrrole nitrogens is 1. The maximum Gasteiger partial charge on any atom is 0.255 e. The van der Waals surface area contributed by atoms with Crippen LogP contribution in [0.5, 0.6) is 0 Å². The predicted molar refractivity (Wildman–Crippen MR) is 106 cm³/mol. The number of carbonyl (C=O) groups excluding carboxylic acids is 1. The molecule has 0 radical (unpaired) electrons. The Morgan fingerprint density at radius 3 is 2.82 bits per heavy atom. The molecule has 2 atom stereocenters. The third-order valence-electron chi connectivity index (χ3n) is 5.78. The molecule has 5 heterocycles. The molecule has 0 aliphatic carbocycles. The van der Waals surface area contributed by atoms with Crippen molar-refractivity contribution in [2.75, 3.05) is 0 Å². The summed E-state index contributed by atoms with van der Waals surface area (Å²) < 4.78 is 15.8. The van der Waals surface area contributed by atoms with Gasteiger partial charge in [-0.3, -0.25) is 14.9 Å². The lowest BCUT2D eigenvalue weighted by atomic mass is 9.84. The number of aromatic amines is 1. The van der Waals surface area contributed by atoms with Gasteiger partial charge in [0.1, 0.15) is 0 Å². The van der Waals surface area contributed by atoms with E-state index in [2.05, 4.69) is 15.2 Å². The smallest absolute Gasteiger partial charge is 0.255 e. The van der Waals surface area contributed by atoms with Gasteiger partial charge in [-0.15, -0.1) is 11.3 Å². The summed E-state index contributed by atoms with van der Waals surface area (Å²) in [6.45, 7) is 0. The number of hydrogen-bond donors (Lipinski definition) is 1. The third-order valence-corrected chi connectivity index (χ3v) is 7.07. The number of rotatable bonds is 3. The van der Waals surface area contributed by atoms with E-state index in [1.807, 2.05) is 16.3 Å². The van der Waals surface area contributed by atoms with E-state index in [9.17, 15) is 4.79 Å². The largest absolute Gasteiger partial charge is 0.332 e. The van der Waals surface area contributed by atoms with Crippen molar-refractivity contribution in [2.45, 2.75) is 43.4 Å². The lowest BCUT2D eigenvalue weighted by Crippen LogP contribution is -2.50. The quantitative estimate of drug-likeness (QED) is 0.665. The monoisotopic (exact) mass is 416 g/mol. The van der Waals surface area contributed by atoms with Gasteiger partial charge in [-0.2, -0.15) is 5.10 Å². The number of nitrogens with one attached hydrogen (secondary N) is 1. The number of amides is 1. The zero-order valence-corrected chi connectivity index (χ0v) is 16.5. The van der Waals surface area contributed by atoms with Gasteiger partial charge in [0.15, 0.2) is 5.67 Å². The van der Waals surface area contributed by atoms with Gasteiger partial charge in [-0.05, 0) is 31.0 Å². The molecule has 144 valence electrons. The number of hydrogen-bond acceptors (Lipinski definition) is 4. The highest BCUT2D eigenvalue weighted by atomic mass is 35.5. The number of aromatic nitrogens is 3. The van der Waals surface area contributed by atoms with Crippen LogP contribution in [0.4, 0.5) is 4.39 Å². The summed E-state index contributed by atoms with van der Waals surface area (Å²) >= 11 is 7.73. The van der Waals surface area contributed by atoms with Crippen LogP contribution in [-0.4, -0.2) is 38.1 Å². The van der Waals surface area contributed by atoms with Crippen LogP contribution in [0.1, 0.15) is 41.7 Å². The van der Waals surface area contributed by atoms with Crippen LogP contribution in [0.15, 0.2) is 42.2 Å². The molecule has 5 rings (SSSR count). The number of nitrogens with zero attached hydrogens (tertiary/aromatic N) is 3. The van der Waals surface area contributed by atoms with E-state index in [0.717, 1.165) is 23.3 Å². The van der Waals surface area contributed by atoms with Gasteiger partial charge in [0, 0.05) is 53.1 Å². The van der Waals surface area contributed by atoms with E-state index in [4.69, 9.17) is 11.6 Å². The van der Waals surface area contributed by atoms with Crippen LogP contribution in [-0.2, 0) is 5.67 Å². The molecule has 2 fully saturated rings. The van der Waals surface area contributed by atoms with Gasteiger partial charge in [0.05, 0.1) is 22.5 Å². The molecule has 0 saturated carbocycles. The molecule has 2 unspecified atom stereocenters. The maximum atomic E-state index is 15.8. The van der Waals surface area contributed by atoms with E-state index in [1.54, 1.807) is 30.7 Å². The summed E-state index contributed by atoms with van der Waals surface area (Å²) in [4.78, 5) is 20.3. The lowest BCUT2D eigenvalue weighted by molar-refractivity contribution is 0.00841. The molecule has 8 heteroatoms. The first-order valence-corrected chi connectivity index (χ1v) is 10.5. The van der Waals surface area contributed by atoms with E-state index >= 15 is 4.39 Å². The van der Waals surface area contributed by atoms with Crippen LogP contribution < -0.4 is 0 Å². The Morgan fingerprint density at radius 1 is 1.36 bits per heavy atom. The molecule has 5 nitrogen and oxygen atoms in total. The first-order chi connectivity index (χ1) is 13.5. The van der Waals surface area contributed by atoms with Crippen molar-refractivity contribution in [3.8, 4) is 10.4 Å². The summed E-state index contributed by atoms with van der Waals surface area (Å²) in [6.07, 6.45) is 7.22. The second-order valence-corrected chi connectivity index (χ2v) is 8.81. The van der Waals surface area contributed by atoms with Crippen LogP contribution in [0.3, 0.4) is 0 Å². The predicted octanol–water partition coefficient (Wildman–Crippen LogP) is 4.82. The molecule has 2 bridgehead atoms. The molecule has 0 aromatic carbocycles. The molecular weight excluding hydrogens is 399 g/mol. The molecule has 1 N–H and O–H groups in total. The topological polar surface area (TPSA) is 61.9 Å². The van der Waals surface area contributed by atoms with Gasteiger partial charge >= 0.3 is 0 Å². The second-order valence-electron chi connectivity index (χ2n) is 7.49. The summed E-state index contributed by atoms with van der Waals surface area (Å²) in [5.74, 6) is -0.0207. The van der Waals surface area contributed by atoms with Crippen molar-refractivity contribution >= 4 is 28.8 Å². The zero-order chi connectivity index (χ0) is 19.3. The van der Waals surface area contributed by atoms with Gasteiger partial charge in [0.2, 0.25) is 0 Å². The Kier molecular flexibility index (Phi) is 4.25. The fourth-order valence-corrected chi connectivity index (χ4v) is 5.72. The first-order valence-electron chi connectivity index (χ1n) is 9.25. The number of thiophene rings is 1. The van der Waals surface area contributed by atoms with Crippen molar-refractivity contribution in [3.63, 3.8) is 0 Å². The van der Waals surface area contributed by atoms with Gasteiger partial charge in [0.25, 0.3) is 5.91 Å². The fourth-order valence-electron chi connectivity index (χ4n) is 4.57. The normalized spacial score (nSPS) is 26.6. The molecule has 3 aromatic heterocycles. The highest BCUT2D eigenvalue weighted by molar-refractivity contribution is 7.13. The fraction of sp³-hybridized carbons (Fsp3) is 0.350. The van der Waals surface area contributed by atoms with Gasteiger partial charge in [-0.25, -0.2) is 4.39 Å². The zero-order valence-electron chi connectivity index (χ0n) is 14.9. The van der Waals surface area contributed by atoms with Crippen LogP contribution in [0, 0.1) is 0 Å². The number of carbonyl (C=O) groups is 1. The number of fused-ring (bicyclic) bond motifs is 2. The maximum absolute atomic E-state index is 15.8. The number of pyridine rings is 1. The number of halogens is 2. The first kappa shape index (κ1) is 17.8. The Morgan fingerprint density at radius 2 is 2.14 bits per heavy atom. The minimum absolute atomic E-state index is 0.0207. The van der Waals surface area contributed by atoms with Crippen LogP contribution in [0.2, 0.25) is 5.02 Å². The van der Waals surface area contributed by atoms with Crippen LogP contribution >= 0.6 is 22.9 Å². The van der Waals surface area contributed by atoms with E-state index in [1.165, 1.54) is 11.3 Å². The molecule has 1 amide bonds. The summed E-state index contributed by atoms with van der Waals surface area (Å²) in [7, 11) is 0. The second kappa shape index (κ2) is 6.67. The third kappa shape index (κ3) is 2.84. The highest BCUT2D eigenvalue weighted by Crippen LogP contribution is 2.49.